The maximum absolute atomic E-state index is 11.7. The van der Waals surface area contributed by atoms with Gasteiger partial charge in [0, 0.05) is 0 Å². The molecule has 0 saturated carbocycles. The summed E-state index contributed by atoms with van der Waals surface area (Å²) in [4.78, 5) is 32.4. The minimum atomic E-state index is -1.16. The first kappa shape index (κ1) is 14.7. The Morgan fingerprint density at radius 1 is 1.53 bits per heavy atom. The monoisotopic (exact) mass is 270 g/mol. The summed E-state index contributed by atoms with van der Waals surface area (Å²) < 4.78 is 4.70. The van der Waals surface area contributed by atoms with Crippen LogP contribution >= 0.6 is 0 Å². The molecule has 0 aliphatic heterocycles. The topological polar surface area (TPSA) is 123 Å². The van der Waals surface area contributed by atoms with Crippen LogP contribution in [-0.4, -0.2) is 27.9 Å². The summed E-state index contributed by atoms with van der Waals surface area (Å²) in [6.45, 7) is 3.48. The highest BCUT2D eigenvalue weighted by atomic mass is 16.6. The molecule has 1 heterocycles. The molecule has 0 saturated heterocycles. The van der Waals surface area contributed by atoms with Crippen molar-refractivity contribution in [2.75, 3.05) is 0 Å². The van der Waals surface area contributed by atoms with Crippen LogP contribution in [0.5, 0.6) is 0 Å². The average molecular weight is 270 g/mol. The first-order valence-electron chi connectivity index (χ1n) is 5.64. The number of hydrogen-bond acceptors (Lipinski definition) is 5. The summed E-state index contributed by atoms with van der Waals surface area (Å²) in [6.07, 6.45) is 0.565. The molecule has 8 nitrogen and oxygen atoms in total. The van der Waals surface area contributed by atoms with E-state index in [4.69, 9.17) is 9.52 Å². The molecular weight excluding hydrogens is 256 g/mol. The van der Waals surface area contributed by atoms with Gasteiger partial charge in [0.05, 0.1) is 6.07 Å². The Morgan fingerprint density at radius 2 is 2.16 bits per heavy atom. The third-order valence-electron chi connectivity index (χ3n) is 2.76. The fourth-order valence-corrected chi connectivity index (χ4v) is 1.44. The third kappa shape index (κ3) is 3.54. The molecule has 1 rings (SSSR count). The Morgan fingerprint density at radius 3 is 2.58 bits per heavy atom. The number of carboxylic acids is 1. The number of carbonyl (C=O) groups excluding carboxylic acids is 1. The highest BCUT2D eigenvalue weighted by Gasteiger charge is 2.27. The van der Waals surface area contributed by atoms with E-state index in [2.05, 4.69) is 5.32 Å². The molecule has 0 radical (unpaired) electrons. The minimum Gasteiger partial charge on any atom is -0.480 e. The van der Waals surface area contributed by atoms with Crippen molar-refractivity contribution in [1.82, 2.24) is 5.32 Å². The SMILES string of the molecule is CC[C@H](C)[C@H](NC(=O)c1ccc([N+](=O)[O-])o1)C(=O)O. The van der Waals surface area contributed by atoms with Crippen LogP contribution in [-0.2, 0) is 4.79 Å². The number of aliphatic carboxylic acids is 1. The van der Waals surface area contributed by atoms with Crippen LogP contribution in [0.4, 0.5) is 5.88 Å². The summed E-state index contributed by atoms with van der Waals surface area (Å²) in [5, 5.41) is 21.7. The molecule has 1 aromatic rings. The molecule has 19 heavy (non-hydrogen) atoms. The maximum Gasteiger partial charge on any atom is 0.433 e. The van der Waals surface area contributed by atoms with Crippen molar-refractivity contribution in [1.29, 1.82) is 0 Å². The van der Waals surface area contributed by atoms with E-state index in [1.54, 1.807) is 13.8 Å². The fourth-order valence-electron chi connectivity index (χ4n) is 1.44. The van der Waals surface area contributed by atoms with Gasteiger partial charge in [-0.1, -0.05) is 20.3 Å². The van der Waals surface area contributed by atoms with Crippen LogP contribution in [0.1, 0.15) is 30.8 Å². The smallest absolute Gasteiger partial charge is 0.433 e. The van der Waals surface area contributed by atoms with Gasteiger partial charge in [-0.2, -0.15) is 0 Å². The van der Waals surface area contributed by atoms with E-state index in [1.165, 1.54) is 0 Å². The Labute approximate surface area is 108 Å². The zero-order valence-corrected chi connectivity index (χ0v) is 10.5. The van der Waals surface area contributed by atoms with E-state index in [9.17, 15) is 19.7 Å². The lowest BCUT2D eigenvalue weighted by Crippen LogP contribution is -2.44. The van der Waals surface area contributed by atoms with E-state index in [0.717, 1.165) is 12.1 Å². The third-order valence-corrected chi connectivity index (χ3v) is 2.76. The van der Waals surface area contributed by atoms with Crippen LogP contribution in [0.25, 0.3) is 0 Å². The molecular formula is C11H14N2O6. The molecule has 1 aromatic heterocycles. The van der Waals surface area contributed by atoms with Crippen molar-refractivity contribution in [3.8, 4) is 0 Å². The second kappa shape index (κ2) is 5.98. The lowest BCUT2D eigenvalue weighted by atomic mass is 9.99. The van der Waals surface area contributed by atoms with Gasteiger partial charge in [0.25, 0.3) is 5.91 Å². The zero-order valence-electron chi connectivity index (χ0n) is 10.5. The van der Waals surface area contributed by atoms with E-state index in [1.807, 2.05) is 0 Å². The molecule has 0 fully saturated rings. The molecule has 0 bridgehead atoms. The van der Waals surface area contributed by atoms with E-state index in [0.29, 0.717) is 6.42 Å². The van der Waals surface area contributed by atoms with Crippen LogP contribution in [0, 0.1) is 16.0 Å². The van der Waals surface area contributed by atoms with Crippen LogP contribution in [0.2, 0.25) is 0 Å². The second-order valence-electron chi connectivity index (χ2n) is 4.07. The Hall–Kier alpha value is -2.38. The van der Waals surface area contributed by atoms with Crippen molar-refractivity contribution in [3.63, 3.8) is 0 Å². The molecule has 1 amide bonds. The van der Waals surface area contributed by atoms with Gasteiger partial charge in [-0.25, -0.2) is 4.79 Å². The number of furan rings is 1. The molecule has 0 unspecified atom stereocenters. The number of nitrogens with one attached hydrogen (secondary N) is 1. The van der Waals surface area contributed by atoms with Gasteiger partial charge in [0.2, 0.25) is 0 Å². The lowest BCUT2D eigenvalue weighted by molar-refractivity contribution is -0.402. The van der Waals surface area contributed by atoms with Gasteiger partial charge in [-0.05, 0) is 12.0 Å². The number of carbonyl (C=O) groups is 2. The summed E-state index contributed by atoms with van der Waals surface area (Å²) in [6, 6.07) is 1.10. The largest absolute Gasteiger partial charge is 0.480 e. The molecule has 2 atom stereocenters. The normalized spacial score (nSPS) is 13.6. The van der Waals surface area contributed by atoms with Gasteiger partial charge < -0.3 is 14.8 Å². The second-order valence-corrected chi connectivity index (χ2v) is 4.07. The molecule has 8 heteroatoms. The van der Waals surface area contributed by atoms with Crippen LogP contribution in [0.3, 0.4) is 0 Å². The van der Waals surface area contributed by atoms with Crippen molar-refractivity contribution in [3.05, 3.63) is 28.0 Å². The summed E-state index contributed by atoms with van der Waals surface area (Å²) in [5.74, 6) is -3.09. The fraction of sp³-hybridized carbons (Fsp3) is 0.455. The van der Waals surface area contributed by atoms with E-state index in [-0.39, 0.29) is 11.7 Å². The molecule has 104 valence electrons. The maximum atomic E-state index is 11.7. The number of hydrogen-bond donors (Lipinski definition) is 2. The highest BCUT2D eigenvalue weighted by Crippen LogP contribution is 2.16. The number of nitrogens with zero attached hydrogens (tertiary/aromatic N) is 1. The summed E-state index contributed by atoms with van der Waals surface area (Å²) in [7, 11) is 0. The molecule has 0 spiro atoms. The average Bonchev–Trinajstić information content (AvgIpc) is 2.84. The van der Waals surface area contributed by atoms with Crippen LogP contribution < -0.4 is 5.32 Å². The van der Waals surface area contributed by atoms with Gasteiger partial charge in [0.1, 0.15) is 11.0 Å². The van der Waals surface area contributed by atoms with Crippen molar-refractivity contribution < 1.29 is 24.0 Å². The number of carboxylic acid groups (broad SMARTS) is 1. The van der Waals surface area contributed by atoms with Crippen molar-refractivity contribution in [2.45, 2.75) is 26.3 Å². The lowest BCUT2D eigenvalue weighted by Gasteiger charge is -2.19. The first-order valence-corrected chi connectivity index (χ1v) is 5.64. The van der Waals surface area contributed by atoms with Gasteiger partial charge in [0.15, 0.2) is 5.76 Å². The van der Waals surface area contributed by atoms with Gasteiger partial charge in [-0.15, -0.1) is 0 Å². The molecule has 0 aromatic carbocycles. The van der Waals surface area contributed by atoms with E-state index >= 15 is 0 Å². The molecule has 2 N–H and O–H groups in total. The highest BCUT2D eigenvalue weighted by molar-refractivity contribution is 5.94. The van der Waals surface area contributed by atoms with E-state index < -0.39 is 28.7 Å². The quantitative estimate of drug-likeness (QED) is 0.595. The number of amides is 1. The number of nitro groups is 1. The zero-order chi connectivity index (χ0) is 14.6. The van der Waals surface area contributed by atoms with Gasteiger partial charge in [-0.3, -0.25) is 14.9 Å². The molecule has 0 aliphatic rings. The van der Waals surface area contributed by atoms with Gasteiger partial charge >= 0.3 is 11.9 Å². The van der Waals surface area contributed by atoms with Crippen molar-refractivity contribution in [2.24, 2.45) is 5.92 Å². The summed E-state index contributed by atoms with van der Waals surface area (Å²) >= 11 is 0. The summed E-state index contributed by atoms with van der Waals surface area (Å²) in [5.41, 5.74) is 0. The predicted molar refractivity (Wildman–Crippen MR) is 63.7 cm³/mol. The Kier molecular flexibility index (Phi) is 4.62. The predicted octanol–water partition coefficient (Wildman–Crippen LogP) is 1.42. The number of rotatable bonds is 6. The Bertz CT molecular complexity index is 495. The first-order chi connectivity index (χ1) is 8.86. The molecule has 0 aliphatic carbocycles. The van der Waals surface area contributed by atoms with Crippen molar-refractivity contribution >= 4 is 17.8 Å². The Balaban J connectivity index is 2.81. The minimum absolute atomic E-state index is 0.272. The van der Waals surface area contributed by atoms with Crippen LogP contribution in [0.15, 0.2) is 16.5 Å². The standard InChI is InChI=1S/C11H14N2O6/c1-3-6(2)9(11(15)16)12-10(14)7-4-5-8(19-7)13(17)18/h4-6,9H,3H2,1-2H3,(H,12,14)(H,15,16)/t6-,9-/m0/s1.